The Morgan fingerprint density at radius 1 is 1.14 bits per heavy atom. The van der Waals surface area contributed by atoms with Crippen LogP contribution in [0.5, 0.6) is 5.75 Å². The molecule has 0 amide bonds. The van der Waals surface area contributed by atoms with Gasteiger partial charge < -0.3 is 9.47 Å². The maximum atomic E-state index is 12.4. The minimum atomic E-state index is -0.326. The van der Waals surface area contributed by atoms with E-state index < -0.39 is 0 Å². The van der Waals surface area contributed by atoms with E-state index in [4.69, 9.17) is 9.47 Å². The number of methoxy groups -OCH3 is 1. The summed E-state index contributed by atoms with van der Waals surface area (Å²) in [6.07, 6.45) is 3.51. The second-order valence-electron chi connectivity index (χ2n) is 4.86. The molecule has 4 nitrogen and oxygen atoms in total. The SMILES string of the molecule is CCCCCC(=O)c1c(CC(=O)OCC)cccc1OC. The Kier molecular flexibility index (Phi) is 7.51. The van der Waals surface area contributed by atoms with Crippen molar-refractivity contribution in [3.05, 3.63) is 29.3 Å². The molecule has 0 radical (unpaired) electrons. The maximum absolute atomic E-state index is 12.4. The molecule has 0 N–H and O–H groups in total. The van der Waals surface area contributed by atoms with Gasteiger partial charge >= 0.3 is 5.97 Å². The first-order valence-electron chi connectivity index (χ1n) is 7.48. The van der Waals surface area contributed by atoms with Crippen molar-refractivity contribution >= 4 is 11.8 Å². The van der Waals surface area contributed by atoms with Crippen LogP contribution in [0, 0.1) is 0 Å². The summed E-state index contributed by atoms with van der Waals surface area (Å²) in [6.45, 7) is 4.20. The quantitative estimate of drug-likeness (QED) is 0.397. The van der Waals surface area contributed by atoms with Crippen molar-refractivity contribution in [2.45, 2.75) is 46.0 Å². The number of esters is 1. The number of benzene rings is 1. The molecule has 0 heterocycles. The van der Waals surface area contributed by atoms with Gasteiger partial charge in [-0.25, -0.2) is 0 Å². The van der Waals surface area contributed by atoms with E-state index in [1.54, 1.807) is 25.1 Å². The highest BCUT2D eigenvalue weighted by molar-refractivity contribution is 6.01. The summed E-state index contributed by atoms with van der Waals surface area (Å²) in [5, 5.41) is 0. The first-order chi connectivity index (χ1) is 10.1. The summed E-state index contributed by atoms with van der Waals surface area (Å²) >= 11 is 0. The molecule has 0 atom stereocenters. The highest BCUT2D eigenvalue weighted by Gasteiger charge is 2.18. The molecule has 0 saturated carbocycles. The van der Waals surface area contributed by atoms with Crippen LogP contribution in [0.15, 0.2) is 18.2 Å². The molecule has 1 rings (SSSR count). The lowest BCUT2D eigenvalue weighted by molar-refractivity contribution is -0.142. The Morgan fingerprint density at radius 3 is 2.52 bits per heavy atom. The molecule has 0 aliphatic carbocycles. The van der Waals surface area contributed by atoms with E-state index in [1.165, 1.54) is 7.11 Å². The molecule has 21 heavy (non-hydrogen) atoms. The average molecular weight is 292 g/mol. The summed E-state index contributed by atoms with van der Waals surface area (Å²) in [6, 6.07) is 5.32. The minimum Gasteiger partial charge on any atom is -0.496 e. The van der Waals surface area contributed by atoms with Gasteiger partial charge in [0.1, 0.15) is 5.75 Å². The molecule has 4 heteroatoms. The van der Waals surface area contributed by atoms with E-state index in [0.29, 0.717) is 29.9 Å². The zero-order valence-electron chi connectivity index (χ0n) is 13.1. The second kappa shape index (κ2) is 9.16. The fourth-order valence-electron chi connectivity index (χ4n) is 2.24. The van der Waals surface area contributed by atoms with Gasteiger partial charge in [0.25, 0.3) is 0 Å². The number of hydrogen-bond acceptors (Lipinski definition) is 4. The molecule has 0 saturated heterocycles. The van der Waals surface area contributed by atoms with Crippen molar-refractivity contribution < 1.29 is 19.1 Å². The Morgan fingerprint density at radius 2 is 1.90 bits per heavy atom. The van der Waals surface area contributed by atoms with Crippen LogP contribution in [0.1, 0.15) is 55.5 Å². The van der Waals surface area contributed by atoms with Crippen molar-refractivity contribution in [1.82, 2.24) is 0 Å². The minimum absolute atomic E-state index is 0.0280. The smallest absolute Gasteiger partial charge is 0.310 e. The number of hydrogen-bond donors (Lipinski definition) is 0. The molecule has 0 aromatic heterocycles. The lowest BCUT2D eigenvalue weighted by Crippen LogP contribution is -2.13. The molecule has 1 aromatic rings. The fourth-order valence-corrected chi connectivity index (χ4v) is 2.24. The summed E-state index contributed by atoms with van der Waals surface area (Å²) < 4.78 is 10.2. The van der Waals surface area contributed by atoms with Crippen LogP contribution in [0.4, 0.5) is 0 Å². The highest BCUT2D eigenvalue weighted by Crippen LogP contribution is 2.25. The molecule has 0 fully saturated rings. The van der Waals surface area contributed by atoms with Crippen LogP contribution in [0.25, 0.3) is 0 Å². The molecule has 0 bridgehead atoms. The van der Waals surface area contributed by atoms with E-state index in [1.807, 2.05) is 0 Å². The van der Waals surface area contributed by atoms with Gasteiger partial charge in [-0.3, -0.25) is 9.59 Å². The van der Waals surface area contributed by atoms with Gasteiger partial charge in [0.05, 0.1) is 25.7 Å². The summed E-state index contributed by atoms with van der Waals surface area (Å²) in [5.74, 6) is 0.229. The lowest BCUT2D eigenvalue weighted by atomic mass is 9.96. The molecule has 0 unspecified atom stereocenters. The van der Waals surface area contributed by atoms with Crippen molar-refractivity contribution in [2.75, 3.05) is 13.7 Å². The number of carbonyl (C=O) groups excluding carboxylic acids is 2. The molecule has 0 spiro atoms. The van der Waals surface area contributed by atoms with E-state index >= 15 is 0 Å². The maximum Gasteiger partial charge on any atom is 0.310 e. The normalized spacial score (nSPS) is 10.2. The largest absolute Gasteiger partial charge is 0.496 e. The van der Waals surface area contributed by atoms with Crippen molar-refractivity contribution in [3.63, 3.8) is 0 Å². The zero-order valence-corrected chi connectivity index (χ0v) is 13.1. The fraction of sp³-hybridized carbons (Fsp3) is 0.529. The summed E-state index contributed by atoms with van der Waals surface area (Å²) in [7, 11) is 1.53. The number of Topliss-reactive ketones (excluding diaryl/α,β-unsaturated/α-hetero) is 1. The number of ether oxygens (including phenoxy) is 2. The van der Waals surface area contributed by atoms with E-state index in [2.05, 4.69) is 6.92 Å². The first kappa shape index (κ1) is 17.2. The van der Waals surface area contributed by atoms with Crippen molar-refractivity contribution in [3.8, 4) is 5.75 Å². The third kappa shape index (κ3) is 5.21. The Balaban J connectivity index is 2.96. The molecular weight excluding hydrogens is 268 g/mol. The van der Waals surface area contributed by atoms with Crippen LogP contribution in [-0.2, 0) is 16.0 Å². The predicted octanol–water partition coefficient (Wildman–Crippen LogP) is 3.56. The number of unbranched alkanes of at least 4 members (excludes halogenated alkanes) is 2. The summed E-state index contributed by atoms with van der Waals surface area (Å²) in [4.78, 5) is 24.1. The lowest BCUT2D eigenvalue weighted by Gasteiger charge is -2.12. The van der Waals surface area contributed by atoms with Crippen LogP contribution < -0.4 is 4.74 Å². The van der Waals surface area contributed by atoms with E-state index in [0.717, 1.165) is 19.3 Å². The van der Waals surface area contributed by atoms with Crippen molar-refractivity contribution in [2.24, 2.45) is 0 Å². The van der Waals surface area contributed by atoms with Crippen LogP contribution in [0.2, 0.25) is 0 Å². The number of rotatable bonds is 9. The molecule has 116 valence electrons. The van der Waals surface area contributed by atoms with E-state index in [-0.39, 0.29) is 18.2 Å². The van der Waals surface area contributed by atoms with Crippen LogP contribution >= 0.6 is 0 Å². The second-order valence-corrected chi connectivity index (χ2v) is 4.86. The van der Waals surface area contributed by atoms with Gasteiger partial charge in [0.2, 0.25) is 0 Å². The third-order valence-corrected chi connectivity index (χ3v) is 3.26. The number of ketones is 1. The van der Waals surface area contributed by atoms with Gasteiger partial charge in [-0.2, -0.15) is 0 Å². The predicted molar refractivity (Wildman–Crippen MR) is 81.8 cm³/mol. The van der Waals surface area contributed by atoms with Gasteiger partial charge in [-0.15, -0.1) is 0 Å². The Bertz CT molecular complexity index is 480. The first-order valence-corrected chi connectivity index (χ1v) is 7.48. The van der Waals surface area contributed by atoms with Crippen LogP contribution in [-0.4, -0.2) is 25.5 Å². The van der Waals surface area contributed by atoms with Crippen molar-refractivity contribution in [1.29, 1.82) is 0 Å². The highest BCUT2D eigenvalue weighted by atomic mass is 16.5. The molecule has 0 aliphatic rings. The number of carbonyl (C=O) groups is 2. The Hall–Kier alpha value is -1.84. The monoisotopic (exact) mass is 292 g/mol. The standard InChI is InChI=1S/C17H24O4/c1-4-6-7-10-14(18)17-13(12-16(19)21-5-2)9-8-11-15(17)20-3/h8-9,11H,4-7,10,12H2,1-3H3. The molecule has 1 aromatic carbocycles. The van der Waals surface area contributed by atoms with E-state index in [9.17, 15) is 9.59 Å². The average Bonchev–Trinajstić information content (AvgIpc) is 2.47. The topological polar surface area (TPSA) is 52.6 Å². The van der Waals surface area contributed by atoms with Gasteiger partial charge in [0, 0.05) is 6.42 Å². The van der Waals surface area contributed by atoms with Crippen LogP contribution in [0.3, 0.4) is 0 Å². The molecule has 0 aliphatic heterocycles. The Labute approximate surface area is 126 Å². The zero-order chi connectivity index (χ0) is 15.7. The van der Waals surface area contributed by atoms with Gasteiger partial charge in [-0.05, 0) is 25.0 Å². The van der Waals surface area contributed by atoms with Gasteiger partial charge in [-0.1, -0.05) is 31.9 Å². The third-order valence-electron chi connectivity index (χ3n) is 3.26. The van der Waals surface area contributed by atoms with Gasteiger partial charge in [0.15, 0.2) is 5.78 Å². The molecular formula is C17H24O4. The summed E-state index contributed by atoms with van der Waals surface area (Å²) in [5.41, 5.74) is 1.19.